The van der Waals surface area contributed by atoms with Crippen LogP contribution in [0.1, 0.15) is 75.7 Å². The predicted octanol–water partition coefficient (Wildman–Crippen LogP) is 9.22. The predicted molar refractivity (Wildman–Crippen MR) is 227 cm³/mol. The topological polar surface area (TPSA) is 95.0 Å². The van der Waals surface area contributed by atoms with Crippen LogP contribution in [-0.2, 0) is 0 Å². The number of nitrogens with zero attached hydrogens (tertiary/aromatic N) is 6. The normalized spacial score (nSPS) is 27.4. The second-order valence-electron chi connectivity index (χ2n) is 17.0. The highest BCUT2D eigenvalue weighted by atomic mass is 16.5. The summed E-state index contributed by atoms with van der Waals surface area (Å²) in [6.07, 6.45) is 10.2. The van der Waals surface area contributed by atoms with Gasteiger partial charge in [-0.2, -0.15) is 0 Å². The first-order valence-electron chi connectivity index (χ1n) is 21.5. The molecule has 4 bridgehead atoms. The molecule has 6 saturated heterocycles. The summed E-state index contributed by atoms with van der Waals surface area (Å²) in [6.45, 7) is 9.00. The van der Waals surface area contributed by atoms with E-state index in [4.69, 9.17) is 39.1 Å². The van der Waals surface area contributed by atoms with Gasteiger partial charge in [0.1, 0.15) is 23.7 Å². The Morgan fingerprint density at radius 1 is 0.603 bits per heavy atom. The fraction of sp³-hybridized carbons (Fsp3) is 0.458. The van der Waals surface area contributed by atoms with E-state index in [0.29, 0.717) is 35.4 Å². The van der Waals surface area contributed by atoms with E-state index in [1.54, 1.807) is 14.2 Å². The second kappa shape index (κ2) is 15.6. The first-order chi connectivity index (χ1) is 28.5. The van der Waals surface area contributed by atoms with Crippen LogP contribution < -0.4 is 18.9 Å². The highest BCUT2D eigenvalue weighted by molar-refractivity contribution is 5.91. The van der Waals surface area contributed by atoms with E-state index in [1.807, 2.05) is 36.7 Å². The average molecular weight is 779 g/mol. The van der Waals surface area contributed by atoms with Gasteiger partial charge in [-0.05, 0) is 123 Å². The minimum absolute atomic E-state index is 0.180. The molecular weight excluding hydrogens is 725 g/mol. The van der Waals surface area contributed by atoms with Crippen LogP contribution in [0.4, 0.5) is 0 Å². The molecule has 9 heterocycles. The maximum atomic E-state index is 7.30. The number of fused-ring (bicyclic) bond motifs is 9. The maximum absolute atomic E-state index is 7.30. The van der Waals surface area contributed by atoms with Gasteiger partial charge in [-0.1, -0.05) is 38.8 Å². The molecule has 12 rings (SSSR count). The van der Waals surface area contributed by atoms with Crippen LogP contribution in [0.2, 0.25) is 0 Å². The molecule has 6 unspecified atom stereocenters. The summed E-state index contributed by atoms with van der Waals surface area (Å²) in [5.74, 6) is 5.39. The molecule has 3 aromatic heterocycles. The Hall–Kier alpha value is -5.06. The second-order valence-corrected chi connectivity index (χ2v) is 17.0. The van der Waals surface area contributed by atoms with Gasteiger partial charge in [0.05, 0.1) is 48.1 Å². The van der Waals surface area contributed by atoms with Crippen molar-refractivity contribution in [3.63, 3.8) is 0 Å². The van der Waals surface area contributed by atoms with Gasteiger partial charge < -0.3 is 18.9 Å². The molecule has 58 heavy (non-hydrogen) atoms. The summed E-state index contributed by atoms with van der Waals surface area (Å²) in [6, 6.07) is 25.1. The average Bonchev–Trinajstić information content (AvgIpc) is 3.29. The number of piperidine rings is 6. The number of benzene rings is 3. The van der Waals surface area contributed by atoms with Crippen LogP contribution in [0.25, 0.3) is 32.6 Å². The zero-order valence-corrected chi connectivity index (χ0v) is 34.1. The van der Waals surface area contributed by atoms with Crippen LogP contribution >= 0.6 is 0 Å². The molecule has 0 radical (unpaired) electrons. The van der Waals surface area contributed by atoms with E-state index in [2.05, 4.69) is 72.2 Å². The summed E-state index contributed by atoms with van der Waals surface area (Å²) in [5.41, 5.74) is 4.01. The highest BCUT2D eigenvalue weighted by Crippen LogP contribution is 2.47. The Labute approximate surface area is 340 Å². The van der Waals surface area contributed by atoms with Crippen molar-refractivity contribution in [2.24, 2.45) is 23.7 Å². The first kappa shape index (κ1) is 37.2. The highest BCUT2D eigenvalue weighted by Gasteiger charge is 2.46. The van der Waals surface area contributed by atoms with Gasteiger partial charge >= 0.3 is 0 Å². The van der Waals surface area contributed by atoms with Gasteiger partial charge in [0.15, 0.2) is 0 Å². The monoisotopic (exact) mass is 778 g/mol. The molecule has 6 aliphatic heterocycles. The molecule has 300 valence electrons. The van der Waals surface area contributed by atoms with Crippen LogP contribution in [0.3, 0.4) is 0 Å². The van der Waals surface area contributed by atoms with Crippen LogP contribution in [-0.4, -0.2) is 82.4 Å². The van der Waals surface area contributed by atoms with Crippen molar-refractivity contribution in [1.82, 2.24) is 30.0 Å². The fourth-order valence-corrected chi connectivity index (χ4v) is 11.1. The number of methoxy groups -OCH3 is 2. The molecule has 10 atom stereocenters. The summed E-state index contributed by atoms with van der Waals surface area (Å²) < 4.78 is 26.0. The lowest BCUT2D eigenvalue weighted by Crippen LogP contribution is -2.56. The van der Waals surface area contributed by atoms with E-state index < -0.39 is 0 Å². The van der Waals surface area contributed by atoms with E-state index in [-0.39, 0.29) is 24.3 Å². The van der Waals surface area contributed by atoms with E-state index in [9.17, 15) is 0 Å². The lowest BCUT2D eigenvalue weighted by molar-refractivity contribution is -0.0505. The lowest BCUT2D eigenvalue weighted by atomic mass is 9.72. The van der Waals surface area contributed by atoms with Crippen molar-refractivity contribution in [1.29, 1.82) is 0 Å². The Morgan fingerprint density at radius 3 is 1.47 bits per heavy atom. The molecule has 6 aliphatic rings. The number of ether oxygens (including phenoxy) is 4. The smallest absolute Gasteiger partial charge is 0.242 e. The fourth-order valence-electron chi connectivity index (χ4n) is 11.1. The third-order valence-corrected chi connectivity index (χ3v) is 14.3. The minimum atomic E-state index is -0.300. The Kier molecular flexibility index (Phi) is 10.0. The lowest BCUT2D eigenvalue weighted by Gasteiger charge is -2.52. The third kappa shape index (κ3) is 6.58. The Morgan fingerprint density at radius 2 is 1.07 bits per heavy atom. The van der Waals surface area contributed by atoms with E-state index >= 15 is 0 Å². The molecule has 0 amide bonds. The van der Waals surface area contributed by atoms with Gasteiger partial charge in [0, 0.05) is 47.4 Å². The van der Waals surface area contributed by atoms with Crippen molar-refractivity contribution >= 4 is 32.6 Å². The van der Waals surface area contributed by atoms with Gasteiger partial charge in [-0.3, -0.25) is 19.8 Å². The summed E-state index contributed by atoms with van der Waals surface area (Å²) in [5, 5.41) is 13.7. The molecular formula is C48H54N6O4. The zero-order chi connectivity index (χ0) is 39.3. The van der Waals surface area contributed by atoms with Gasteiger partial charge in [-0.15, -0.1) is 10.2 Å². The minimum Gasteiger partial charge on any atom is -0.497 e. The van der Waals surface area contributed by atoms with Crippen molar-refractivity contribution in [2.75, 3.05) is 40.4 Å². The number of pyridine rings is 2. The van der Waals surface area contributed by atoms with Crippen LogP contribution in [0.5, 0.6) is 23.3 Å². The Balaban J connectivity index is 1.06. The molecule has 0 spiro atoms. The quantitative estimate of drug-likeness (QED) is 0.120. The molecule has 6 aromatic rings. The first-order valence-corrected chi connectivity index (χ1v) is 21.5. The van der Waals surface area contributed by atoms with E-state index in [1.165, 1.54) is 25.7 Å². The molecule has 6 fully saturated rings. The summed E-state index contributed by atoms with van der Waals surface area (Å²) >= 11 is 0. The van der Waals surface area contributed by atoms with Crippen LogP contribution in [0, 0.1) is 23.7 Å². The van der Waals surface area contributed by atoms with Crippen LogP contribution in [0.15, 0.2) is 85.2 Å². The third-order valence-electron chi connectivity index (χ3n) is 14.3. The molecule has 0 aliphatic carbocycles. The van der Waals surface area contributed by atoms with Gasteiger partial charge in [0.25, 0.3) is 0 Å². The van der Waals surface area contributed by atoms with Crippen molar-refractivity contribution in [2.45, 2.75) is 76.7 Å². The van der Waals surface area contributed by atoms with Crippen molar-refractivity contribution in [3.05, 3.63) is 96.3 Å². The molecule has 0 N–H and O–H groups in total. The van der Waals surface area contributed by atoms with Crippen molar-refractivity contribution in [3.8, 4) is 23.3 Å². The maximum Gasteiger partial charge on any atom is 0.242 e. The largest absolute Gasteiger partial charge is 0.497 e. The summed E-state index contributed by atoms with van der Waals surface area (Å²) in [4.78, 5) is 14.8. The van der Waals surface area contributed by atoms with E-state index in [0.717, 1.165) is 94.2 Å². The SMILES string of the molecule is CC[C@@H]1CN2CCC1CC2[C@H](Oc1nnc(O[C@H](c2ccnc3ccc(OC)cc23)C2CC3CCN2C[C@@H]3CC)c2ccccc12)c1ccnc2ccc(OC)cc12. The van der Waals surface area contributed by atoms with Gasteiger partial charge in [-0.25, -0.2) is 0 Å². The Bertz CT molecular complexity index is 2280. The standard InChI is InChI=1S/C48H54N6O4/c1-5-29-27-53-21-17-31(29)23-43(53)45(35-15-19-49-41-13-11-33(55-3)25-39(35)41)57-47-37-9-7-8-10-38(37)48(52-51-47)58-46(44-24-32-18-22-54(44)28-30(32)6-2)36-16-20-50-42-14-12-34(56-4)26-40(36)42/h7-16,19-20,25-26,29-32,43-46H,5-6,17-18,21-24,27-28H2,1-4H3/t29-,30+,31?,32?,43?,44?,45-,46-/m1/s1. The molecule has 10 nitrogen and oxygen atoms in total. The molecule has 10 heteroatoms. The number of hydrogen-bond acceptors (Lipinski definition) is 10. The van der Waals surface area contributed by atoms with Crippen molar-refractivity contribution < 1.29 is 18.9 Å². The van der Waals surface area contributed by atoms with Gasteiger partial charge in [0.2, 0.25) is 11.8 Å². The molecule has 3 aromatic carbocycles. The number of hydrogen-bond donors (Lipinski definition) is 0. The molecule has 0 saturated carbocycles. The number of rotatable bonds is 12. The zero-order valence-electron chi connectivity index (χ0n) is 34.1. The number of aromatic nitrogens is 4. The summed E-state index contributed by atoms with van der Waals surface area (Å²) in [7, 11) is 3.42.